The molecule has 0 radical (unpaired) electrons. The summed E-state index contributed by atoms with van der Waals surface area (Å²) in [5, 5.41) is 2.41. The highest BCUT2D eigenvalue weighted by Crippen LogP contribution is 2.28. The number of thiazole rings is 1. The molecule has 0 unspecified atom stereocenters. The van der Waals surface area contributed by atoms with Crippen molar-refractivity contribution in [2.45, 2.75) is 4.90 Å². The zero-order valence-corrected chi connectivity index (χ0v) is 17.8. The van der Waals surface area contributed by atoms with E-state index in [0.717, 1.165) is 15.6 Å². The summed E-state index contributed by atoms with van der Waals surface area (Å²) in [7, 11) is -0.732. The molecule has 0 saturated heterocycles. The van der Waals surface area contributed by atoms with Gasteiger partial charge in [0.1, 0.15) is 0 Å². The second-order valence-corrected chi connectivity index (χ2v) is 9.39. The van der Waals surface area contributed by atoms with E-state index in [9.17, 15) is 13.2 Å². The molecule has 1 heterocycles. The van der Waals surface area contributed by atoms with Crippen molar-refractivity contribution in [3.8, 4) is 11.3 Å². The van der Waals surface area contributed by atoms with Crippen molar-refractivity contribution in [3.05, 3.63) is 78.2 Å². The standard InChI is InChI=1S/C21H21N3O3S2/c1-4-13-24(21-22-19(15-28-21)16-9-6-5-7-10-16)20(25)17-11-8-12-18(14-17)29(26,27)23(2)3/h4-12,14-15H,1,13H2,2-3H3. The minimum absolute atomic E-state index is 0.0658. The normalized spacial score (nSPS) is 11.4. The number of rotatable bonds is 7. The Labute approximate surface area is 174 Å². The van der Waals surface area contributed by atoms with Crippen LogP contribution in [0.4, 0.5) is 5.13 Å². The minimum Gasteiger partial charge on any atom is -0.280 e. The van der Waals surface area contributed by atoms with Crippen molar-refractivity contribution in [1.29, 1.82) is 0 Å². The highest BCUT2D eigenvalue weighted by Gasteiger charge is 2.23. The molecule has 0 N–H and O–H groups in total. The van der Waals surface area contributed by atoms with E-state index < -0.39 is 10.0 Å². The smallest absolute Gasteiger partial charge is 0.260 e. The van der Waals surface area contributed by atoms with Gasteiger partial charge in [-0.1, -0.05) is 42.5 Å². The van der Waals surface area contributed by atoms with Gasteiger partial charge < -0.3 is 0 Å². The predicted molar refractivity (Wildman–Crippen MR) is 117 cm³/mol. The molecule has 29 heavy (non-hydrogen) atoms. The van der Waals surface area contributed by atoms with Gasteiger partial charge in [0.25, 0.3) is 5.91 Å². The monoisotopic (exact) mass is 427 g/mol. The molecule has 0 bridgehead atoms. The Hall–Kier alpha value is -2.81. The van der Waals surface area contributed by atoms with Gasteiger partial charge in [-0.2, -0.15) is 0 Å². The van der Waals surface area contributed by atoms with E-state index in [1.54, 1.807) is 18.2 Å². The Balaban J connectivity index is 1.96. The Morgan fingerprint density at radius 1 is 1.14 bits per heavy atom. The molecule has 150 valence electrons. The fourth-order valence-electron chi connectivity index (χ4n) is 2.66. The zero-order valence-electron chi connectivity index (χ0n) is 16.1. The Bertz CT molecular complexity index is 1120. The molecule has 0 aliphatic rings. The highest BCUT2D eigenvalue weighted by molar-refractivity contribution is 7.89. The van der Waals surface area contributed by atoms with Crippen LogP contribution in [0.15, 0.2) is 77.5 Å². The van der Waals surface area contributed by atoms with Crippen LogP contribution in [0.2, 0.25) is 0 Å². The third-order valence-corrected chi connectivity index (χ3v) is 6.88. The second-order valence-electron chi connectivity index (χ2n) is 6.40. The number of amides is 1. The predicted octanol–water partition coefficient (Wildman–Crippen LogP) is 3.89. The maximum absolute atomic E-state index is 13.2. The molecule has 0 atom stereocenters. The van der Waals surface area contributed by atoms with Gasteiger partial charge in [-0.25, -0.2) is 17.7 Å². The van der Waals surface area contributed by atoms with Crippen molar-refractivity contribution < 1.29 is 13.2 Å². The Kier molecular flexibility index (Phi) is 6.26. The van der Waals surface area contributed by atoms with Crippen molar-refractivity contribution in [2.24, 2.45) is 0 Å². The maximum Gasteiger partial charge on any atom is 0.260 e. The first-order valence-corrected chi connectivity index (χ1v) is 11.1. The van der Waals surface area contributed by atoms with Crippen LogP contribution >= 0.6 is 11.3 Å². The number of hydrogen-bond donors (Lipinski definition) is 0. The lowest BCUT2D eigenvalue weighted by Gasteiger charge is -2.19. The average molecular weight is 428 g/mol. The van der Waals surface area contributed by atoms with Gasteiger partial charge in [0, 0.05) is 37.1 Å². The summed E-state index contributed by atoms with van der Waals surface area (Å²) in [5.41, 5.74) is 2.00. The fraction of sp³-hybridized carbons (Fsp3) is 0.143. The van der Waals surface area contributed by atoms with E-state index >= 15 is 0 Å². The molecule has 1 aromatic heterocycles. The lowest BCUT2D eigenvalue weighted by Crippen LogP contribution is -2.31. The number of benzene rings is 2. The van der Waals surface area contributed by atoms with Crippen LogP contribution in [-0.2, 0) is 10.0 Å². The molecule has 3 aromatic rings. The number of carbonyl (C=O) groups is 1. The van der Waals surface area contributed by atoms with Gasteiger partial charge in [0.2, 0.25) is 10.0 Å². The molecule has 0 fully saturated rings. The summed E-state index contributed by atoms with van der Waals surface area (Å²) in [5.74, 6) is -0.338. The Morgan fingerprint density at radius 2 is 1.86 bits per heavy atom. The average Bonchev–Trinajstić information content (AvgIpc) is 3.22. The summed E-state index contributed by atoms with van der Waals surface area (Å²) in [4.78, 5) is 19.3. The molecule has 0 aliphatic carbocycles. The molecule has 3 rings (SSSR count). The summed E-state index contributed by atoms with van der Waals surface area (Å²) < 4.78 is 25.9. The number of aromatic nitrogens is 1. The lowest BCUT2D eigenvalue weighted by molar-refractivity contribution is 0.0989. The van der Waals surface area contributed by atoms with Crippen LogP contribution in [0.3, 0.4) is 0 Å². The number of sulfonamides is 1. The van der Waals surface area contributed by atoms with Crippen molar-refractivity contribution in [1.82, 2.24) is 9.29 Å². The van der Waals surface area contributed by atoms with Crippen LogP contribution in [-0.4, -0.2) is 44.3 Å². The van der Waals surface area contributed by atoms with Crippen molar-refractivity contribution in [2.75, 3.05) is 25.5 Å². The molecule has 1 amide bonds. The summed E-state index contributed by atoms with van der Waals surface area (Å²) in [6, 6.07) is 15.7. The molecule has 0 spiro atoms. The quantitative estimate of drug-likeness (QED) is 0.536. The van der Waals surface area contributed by atoms with Crippen LogP contribution < -0.4 is 4.90 Å². The van der Waals surface area contributed by atoms with Gasteiger partial charge in [0.05, 0.1) is 10.6 Å². The van der Waals surface area contributed by atoms with Gasteiger partial charge >= 0.3 is 0 Å². The molecule has 0 saturated carbocycles. The van der Waals surface area contributed by atoms with E-state index in [1.807, 2.05) is 35.7 Å². The van der Waals surface area contributed by atoms with E-state index in [1.165, 1.54) is 42.5 Å². The molecule has 0 aliphatic heterocycles. The first-order valence-electron chi connectivity index (χ1n) is 8.81. The largest absolute Gasteiger partial charge is 0.280 e. The third-order valence-electron chi connectivity index (χ3n) is 4.21. The van der Waals surface area contributed by atoms with E-state index in [-0.39, 0.29) is 22.9 Å². The Morgan fingerprint density at radius 3 is 2.52 bits per heavy atom. The van der Waals surface area contributed by atoms with Crippen LogP contribution in [0.25, 0.3) is 11.3 Å². The lowest BCUT2D eigenvalue weighted by atomic mass is 10.2. The molecular weight excluding hydrogens is 406 g/mol. The number of nitrogens with zero attached hydrogens (tertiary/aromatic N) is 3. The minimum atomic E-state index is -3.64. The van der Waals surface area contributed by atoms with Crippen molar-refractivity contribution in [3.63, 3.8) is 0 Å². The summed E-state index contributed by atoms with van der Waals surface area (Å²) >= 11 is 1.35. The molecule has 6 nitrogen and oxygen atoms in total. The summed E-state index contributed by atoms with van der Waals surface area (Å²) in [6.45, 7) is 3.98. The second kappa shape index (κ2) is 8.69. The number of anilines is 1. The highest BCUT2D eigenvalue weighted by atomic mass is 32.2. The maximum atomic E-state index is 13.2. The van der Waals surface area contributed by atoms with E-state index in [4.69, 9.17) is 0 Å². The first-order chi connectivity index (χ1) is 13.8. The third kappa shape index (κ3) is 4.45. The van der Waals surface area contributed by atoms with Crippen LogP contribution in [0.5, 0.6) is 0 Å². The van der Waals surface area contributed by atoms with Gasteiger partial charge in [-0.3, -0.25) is 9.69 Å². The fourth-order valence-corrected chi connectivity index (χ4v) is 4.45. The van der Waals surface area contributed by atoms with Gasteiger partial charge in [0.15, 0.2) is 5.13 Å². The summed E-state index contributed by atoms with van der Waals surface area (Å²) in [6.07, 6.45) is 1.61. The van der Waals surface area contributed by atoms with Crippen molar-refractivity contribution >= 4 is 32.4 Å². The topological polar surface area (TPSA) is 70.6 Å². The molecule has 2 aromatic carbocycles. The number of hydrogen-bond acceptors (Lipinski definition) is 5. The van der Waals surface area contributed by atoms with Crippen LogP contribution in [0.1, 0.15) is 10.4 Å². The molecular formula is C21H21N3O3S2. The van der Waals surface area contributed by atoms with E-state index in [2.05, 4.69) is 11.6 Å². The van der Waals surface area contributed by atoms with Gasteiger partial charge in [-0.05, 0) is 18.2 Å². The first kappa shape index (κ1) is 20.9. The SMILES string of the molecule is C=CCN(C(=O)c1cccc(S(=O)(=O)N(C)C)c1)c1nc(-c2ccccc2)cs1. The van der Waals surface area contributed by atoms with Gasteiger partial charge in [-0.15, -0.1) is 17.9 Å². The number of carbonyl (C=O) groups excluding carboxylic acids is 1. The zero-order chi connectivity index (χ0) is 21.0. The van der Waals surface area contributed by atoms with E-state index in [0.29, 0.717) is 5.13 Å². The van der Waals surface area contributed by atoms with Crippen LogP contribution in [0, 0.1) is 0 Å². The molecule has 8 heteroatoms.